The van der Waals surface area contributed by atoms with Crippen LogP contribution in [0.15, 0.2) is 23.8 Å². The Morgan fingerprint density at radius 1 is 1.45 bits per heavy atom. The Labute approximate surface area is 125 Å². The average molecular weight is 295 g/mol. The minimum Gasteiger partial charge on any atom is -0.407 e. The minimum atomic E-state index is -1.66. The molecule has 0 amide bonds. The van der Waals surface area contributed by atoms with Crippen molar-refractivity contribution in [1.82, 2.24) is 0 Å². The van der Waals surface area contributed by atoms with Crippen molar-refractivity contribution in [2.24, 2.45) is 11.8 Å². The second-order valence-corrected chi connectivity index (χ2v) is 11.7. The van der Waals surface area contributed by atoms with Crippen molar-refractivity contribution in [2.45, 2.75) is 65.8 Å². The number of allylic oxidation sites excluding steroid dienone is 3. The van der Waals surface area contributed by atoms with E-state index in [0.29, 0.717) is 11.8 Å². The monoisotopic (exact) mass is 294 g/mol. The molecule has 3 atom stereocenters. The van der Waals surface area contributed by atoms with Crippen LogP contribution in [0.1, 0.15) is 40.0 Å². The molecule has 20 heavy (non-hydrogen) atoms. The van der Waals surface area contributed by atoms with Gasteiger partial charge in [-0.2, -0.15) is 0 Å². The first-order chi connectivity index (χ1) is 9.19. The first-order valence-electron chi connectivity index (χ1n) is 7.72. The molecule has 0 spiro atoms. The van der Waals surface area contributed by atoms with Crippen LogP contribution in [0, 0.1) is 11.8 Å². The van der Waals surface area contributed by atoms with Gasteiger partial charge >= 0.3 is 0 Å². The molecule has 0 aromatic carbocycles. The summed E-state index contributed by atoms with van der Waals surface area (Å²) < 4.78 is 6.04. The van der Waals surface area contributed by atoms with E-state index in [1.54, 1.807) is 6.08 Å². The smallest absolute Gasteiger partial charge is 0.184 e. The highest BCUT2D eigenvalue weighted by Gasteiger charge is 2.31. The van der Waals surface area contributed by atoms with E-state index in [4.69, 9.17) is 4.43 Å². The van der Waals surface area contributed by atoms with E-state index in [2.05, 4.69) is 52.6 Å². The van der Waals surface area contributed by atoms with Crippen molar-refractivity contribution in [3.63, 3.8) is 0 Å². The zero-order valence-corrected chi connectivity index (χ0v) is 14.9. The molecule has 2 nitrogen and oxygen atoms in total. The molecule has 1 aliphatic rings. The van der Waals surface area contributed by atoms with Gasteiger partial charge in [0.2, 0.25) is 0 Å². The lowest BCUT2D eigenvalue weighted by molar-refractivity contribution is -0.122. The van der Waals surface area contributed by atoms with Crippen molar-refractivity contribution < 1.29 is 9.22 Å². The molecule has 0 aliphatic heterocycles. The van der Waals surface area contributed by atoms with Crippen molar-refractivity contribution in [3.8, 4) is 0 Å². The summed E-state index contributed by atoms with van der Waals surface area (Å²) in [6.45, 7) is 13.0. The molecule has 2 unspecified atom stereocenters. The van der Waals surface area contributed by atoms with E-state index in [-0.39, 0.29) is 11.9 Å². The van der Waals surface area contributed by atoms with Crippen molar-refractivity contribution in [2.75, 3.05) is 0 Å². The maximum atomic E-state index is 11.9. The molecular weight excluding hydrogens is 264 g/mol. The van der Waals surface area contributed by atoms with Crippen LogP contribution >= 0.6 is 0 Å². The van der Waals surface area contributed by atoms with Gasteiger partial charge in [0.25, 0.3) is 0 Å². The lowest BCUT2D eigenvalue weighted by Gasteiger charge is -2.32. The molecule has 0 saturated heterocycles. The van der Waals surface area contributed by atoms with Gasteiger partial charge < -0.3 is 4.43 Å². The number of hydrogen-bond donors (Lipinski definition) is 0. The normalized spacial score (nSPS) is 24.6. The molecule has 1 aliphatic carbocycles. The minimum absolute atomic E-state index is 0.153. The van der Waals surface area contributed by atoms with Crippen LogP contribution in [-0.2, 0) is 9.22 Å². The standard InChI is InChI=1S/C17H30O2Si/c1-13(2)8-7-9-14(3)15-10-11-16(18)17(12-15)19-20(4,5)6/h8,10-11,14-15,17H,7,9,12H2,1-6H3/t14-,15?,17?/m1/s1. The summed E-state index contributed by atoms with van der Waals surface area (Å²) in [6.07, 6.45) is 9.09. The molecule has 0 fully saturated rings. The van der Waals surface area contributed by atoms with Crippen molar-refractivity contribution in [1.29, 1.82) is 0 Å². The Hall–Kier alpha value is -0.673. The Morgan fingerprint density at radius 3 is 2.65 bits per heavy atom. The Morgan fingerprint density at radius 2 is 2.10 bits per heavy atom. The van der Waals surface area contributed by atoms with Gasteiger partial charge in [0.05, 0.1) is 0 Å². The van der Waals surface area contributed by atoms with Gasteiger partial charge in [0.15, 0.2) is 14.1 Å². The lowest BCUT2D eigenvalue weighted by Crippen LogP contribution is -2.39. The van der Waals surface area contributed by atoms with Crippen LogP contribution in [0.5, 0.6) is 0 Å². The third-order valence-electron chi connectivity index (χ3n) is 3.71. The summed E-state index contributed by atoms with van der Waals surface area (Å²) >= 11 is 0. The van der Waals surface area contributed by atoms with E-state index < -0.39 is 8.32 Å². The van der Waals surface area contributed by atoms with Crippen LogP contribution in [-0.4, -0.2) is 20.2 Å². The molecule has 0 aromatic rings. The fourth-order valence-corrected chi connectivity index (χ4v) is 3.64. The van der Waals surface area contributed by atoms with E-state index >= 15 is 0 Å². The van der Waals surface area contributed by atoms with Crippen LogP contribution < -0.4 is 0 Å². The first-order valence-corrected chi connectivity index (χ1v) is 11.1. The number of carbonyl (C=O) groups is 1. The first kappa shape index (κ1) is 17.4. The highest BCUT2D eigenvalue weighted by molar-refractivity contribution is 6.69. The molecule has 0 N–H and O–H groups in total. The summed E-state index contributed by atoms with van der Waals surface area (Å²) in [6, 6.07) is 0. The Balaban J connectivity index is 2.57. The maximum absolute atomic E-state index is 11.9. The summed E-state index contributed by atoms with van der Waals surface area (Å²) in [4.78, 5) is 11.9. The number of hydrogen-bond acceptors (Lipinski definition) is 2. The highest BCUT2D eigenvalue weighted by atomic mass is 28.4. The predicted molar refractivity (Wildman–Crippen MR) is 88.3 cm³/mol. The molecule has 0 radical (unpaired) electrons. The van der Waals surface area contributed by atoms with E-state index in [0.717, 1.165) is 12.8 Å². The van der Waals surface area contributed by atoms with Crippen LogP contribution in [0.3, 0.4) is 0 Å². The number of ketones is 1. The molecule has 0 saturated carbocycles. The summed E-state index contributed by atoms with van der Waals surface area (Å²) in [5.74, 6) is 1.22. The quantitative estimate of drug-likeness (QED) is 0.523. The average Bonchev–Trinajstić information content (AvgIpc) is 2.29. The van der Waals surface area contributed by atoms with Gasteiger partial charge in [-0.25, -0.2) is 0 Å². The predicted octanol–water partition coefficient (Wildman–Crippen LogP) is 4.73. The molecule has 0 bridgehead atoms. The van der Waals surface area contributed by atoms with Crippen molar-refractivity contribution in [3.05, 3.63) is 23.8 Å². The molecule has 1 rings (SSSR count). The van der Waals surface area contributed by atoms with Gasteiger partial charge in [-0.1, -0.05) is 24.6 Å². The second kappa shape index (κ2) is 7.37. The molecule has 3 heteroatoms. The zero-order valence-electron chi connectivity index (χ0n) is 13.9. The van der Waals surface area contributed by atoms with Crippen LogP contribution in [0.2, 0.25) is 19.6 Å². The zero-order chi connectivity index (χ0) is 15.3. The third kappa shape index (κ3) is 6.19. The highest BCUT2D eigenvalue weighted by Crippen LogP contribution is 2.29. The largest absolute Gasteiger partial charge is 0.407 e. The van der Waals surface area contributed by atoms with Gasteiger partial charge in [0, 0.05) is 0 Å². The molecular formula is C17H30O2Si. The van der Waals surface area contributed by atoms with Gasteiger partial charge in [0.1, 0.15) is 6.10 Å². The van der Waals surface area contributed by atoms with Gasteiger partial charge in [-0.05, 0) is 70.7 Å². The van der Waals surface area contributed by atoms with Crippen LogP contribution in [0.4, 0.5) is 0 Å². The van der Waals surface area contributed by atoms with Crippen LogP contribution in [0.25, 0.3) is 0 Å². The Bertz CT molecular complexity index is 386. The fourth-order valence-electron chi connectivity index (χ4n) is 2.57. The van der Waals surface area contributed by atoms with E-state index in [1.807, 2.05) is 0 Å². The summed E-state index contributed by atoms with van der Waals surface area (Å²) in [7, 11) is -1.66. The topological polar surface area (TPSA) is 26.3 Å². The Kier molecular flexibility index (Phi) is 6.40. The number of carbonyl (C=O) groups excluding carboxylic acids is 1. The summed E-state index contributed by atoms with van der Waals surface area (Å²) in [5.41, 5.74) is 1.38. The maximum Gasteiger partial charge on any atom is 0.184 e. The summed E-state index contributed by atoms with van der Waals surface area (Å²) in [5, 5.41) is 0. The lowest BCUT2D eigenvalue weighted by atomic mass is 9.81. The van der Waals surface area contributed by atoms with E-state index in [9.17, 15) is 4.79 Å². The fraction of sp³-hybridized carbons (Fsp3) is 0.706. The van der Waals surface area contributed by atoms with Crippen molar-refractivity contribution >= 4 is 14.1 Å². The third-order valence-corrected chi connectivity index (χ3v) is 4.70. The molecule has 0 heterocycles. The SMILES string of the molecule is CC(C)=CCC[C@@H](C)C1C=CC(=O)C(O[Si](C)(C)C)C1. The van der Waals surface area contributed by atoms with Gasteiger partial charge in [-0.3, -0.25) is 4.79 Å². The second-order valence-electron chi connectivity index (χ2n) is 7.22. The molecule has 0 aromatic heterocycles. The van der Waals surface area contributed by atoms with E-state index in [1.165, 1.54) is 12.0 Å². The number of rotatable bonds is 6. The van der Waals surface area contributed by atoms with Gasteiger partial charge in [-0.15, -0.1) is 0 Å². The molecule has 114 valence electrons.